The molecule has 1 amide bonds. The first-order valence-corrected chi connectivity index (χ1v) is 9.55. The maximum Gasteiger partial charge on any atom is 0.276 e. The number of ketones is 1. The van der Waals surface area contributed by atoms with Crippen LogP contribution in [-0.4, -0.2) is 38.9 Å². The standard InChI is InChI=1S/C23H17N5O2/c29-20(12-16-7-4-10-24-16)17-8-3-9-18-21(17)27-23(26-18)28-22(30)19-11-14-5-1-2-6-15(14)13-25-19/h1-9,11,13H,10,12H2,(H2,26,27,28,30). The lowest BCUT2D eigenvalue weighted by molar-refractivity contribution is 0.0999. The quantitative estimate of drug-likeness (QED) is 0.500. The number of nitrogens with one attached hydrogen (secondary N) is 2. The fourth-order valence-electron chi connectivity index (χ4n) is 3.48. The maximum atomic E-state index is 12.7. The topological polar surface area (TPSA) is 100 Å². The van der Waals surface area contributed by atoms with Crippen molar-refractivity contribution in [1.82, 2.24) is 15.0 Å². The molecule has 7 heteroatoms. The Balaban J connectivity index is 1.41. The minimum atomic E-state index is -0.377. The summed E-state index contributed by atoms with van der Waals surface area (Å²) in [6.07, 6.45) is 5.68. The van der Waals surface area contributed by atoms with Crippen molar-refractivity contribution in [2.75, 3.05) is 11.9 Å². The smallest absolute Gasteiger partial charge is 0.276 e. The normalized spacial score (nSPS) is 13.0. The SMILES string of the molecule is O=C(Nc1nc2c(C(=O)CC3=NCC=C3)cccc2[nH]1)c1cc2ccccc2cn1. The Morgan fingerprint density at radius 3 is 2.77 bits per heavy atom. The Hall–Kier alpha value is -4.13. The number of imidazole rings is 1. The molecular weight excluding hydrogens is 378 g/mol. The van der Waals surface area contributed by atoms with Crippen molar-refractivity contribution >= 4 is 45.2 Å². The molecule has 0 fully saturated rings. The average Bonchev–Trinajstić information content (AvgIpc) is 3.42. The van der Waals surface area contributed by atoms with E-state index in [9.17, 15) is 9.59 Å². The number of nitrogens with zero attached hydrogens (tertiary/aromatic N) is 3. The van der Waals surface area contributed by atoms with Crippen LogP contribution in [0.5, 0.6) is 0 Å². The molecule has 0 radical (unpaired) electrons. The molecule has 7 nitrogen and oxygen atoms in total. The number of para-hydroxylation sites is 1. The number of amides is 1. The van der Waals surface area contributed by atoms with E-state index in [-0.39, 0.29) is 29.8 Å². The summed E-state index contributed by atoms with van der Waals surface area (Å²) >= 11 is 0. The van der Waals surface area contributed by atoms with Gasteiger partial charge in [0.05, 0.1) is 18.5 Å². The van der Waals surface area contributed by atoms with Crippen molar-refractivity contribution < 1.29 is 9.59 Å². The third-order valence-corrected chi connectivity index (χ3v) is 4.96. The number of hydrogen-bond donors (Lipinski definition) is 2. The van der Waals surface area contributed by atoms with Gasteiger partial charge in [0.25, 0.3) is 5.91 Å². The summed E-state index contributed by atoms with van der Waals surface area (Å²) < 4.78 is 0. The number of hydrogen-bond acceptors (Lipinski definition) is 5. The zero-order valence-corrected chi connectivity index (χ0v) is 15.9. The number of Topliss-reactive ketones (excluding diaryl/α,β-unsaturated/α-hetero) is 1. The Labute approximate surface area is 171 Å². The van der Waals surface area contributed by atoms with E-state index in [1.54, 1.807) is 24.4 Å². The summed E-state index contributed by atoms with van der Waals surface area (Å²) in [5, 5.41) is 4.63. The molecule has 0 atom stereocenters. The number of aliphatic imine (C=N–C) groups is 1. The van der Waals surface area contributed by atoms with E-state index in [2.05, 4.69) is 25.3 Å². The van der Waals surface area contributed by atoms with Crippen LogP contribution in [0.2, 0.25) is 0 Å². The average molecular weight is 395 g/mol. The number of pyridine rings is 1. The molecule has 2 aromatic carbocycles. The lowest BCUT2D eigenvalue weighted by atomic mass is 10.0. The number of H-pyrrole nitrogens is 1. The first-order valence-electron chi connectivity index (χ1n) is 9.55. The van der Waals surface area contributed by atoms with Gasteiger partial charge in [0, 0.05) is 22.9 Å². The second-order valence-electron chi connectivity index (χ2n) is 6.99. The molecule has 2 aromatic heterocycles. The number of carbonyl (C=O) groups excluding carboxylic acids is 2. The highest BCUT2D eigenvalue weighted by atomic mass is 16.2. The van der Waals surface area contributed by atoms with E-state index < -0.39 is 0 Å². The molecule has 4 aromatic rings. The predicted molar refractivity (Wildman–Crippen MR) is 116 cm³/mol. The largest absolute Gasteiger partial charge is 0.324 e. The molecule has 0 bridgehead atoms. The van der Waals surface area contributed by atoms with Crippen molar-refractivity contribution in [3.63, 3.8) is 0 Å². The summed E-state index contributed by atoms with van der Waals surface area (Å²) in [6.45, 7) is 0.619. The number of rotatable bonds is 5. The first kappa shape index (κ1) is 17.9. The van der Waals surface area contributed by atoms with E-state index in [4.69, 9.17) is 0 Å². The zero-order chi connectivity index (χ0) is 20.5. The number of allylic oxidation sites excluding steroid dienone is 1. The summed E-state index contributed by atoms with van der Waals surface area (Å²) in [4.78, 5) is 41.4. The van der Waals surface area contributed by atoms with Crippen LogP contribution in [0, 0.1) is 0 Å². The first-order chi connectivity index (χ1) is 14.7. The molecule has 0 aliphatic carbocycles. The van der Waals surface area contributed by atoms with Gasteiger partial charge in [-0.05, 0) is 29.7 Å². The molecule has 2 N–H and O–H groups in total. The summed E-state index contributed by atoms with van der Waals surface area (Å²) in [6, 6.07) is 14.8. The van der Waals surface area contributed by atoms with Crippen molar-refractivity contribution in [2.45, 2.75) is 6.42 Å². The maximum absolute atomic E-state index is 12.7. The van der Waals surface area contributed by atoms with Gasteiger partial charge in [-0.25, -0.2) is 4.98 Å². The van der Waals surface area contributed by atoms with Gasteiger partial charge in [0.15, 0.2) is 5.78 Å². The van der Waals surface area contributed by atoms with Crippen LogP contribution in [0.25, 0.3) is 21.8 Å². The Morgan fingerprint density at radius 2 is 1.93 bits per heavy atom. The Kier molecular flexibility index (Phi) is 4.40. The minimum absolute atomic E-state index is 0.0635. The molecule has 146 valence electrons. The minimum Gasteiger partial charge on any atom is -0.324 e. The molecular formula is C23H17N5O2. The highest BCUT2D eigenvalue weighted by Gasteiger charge is 2.17. The van der Waals surface area contributed by atoms with Crippen molar-refractivity contribution in [3.05, 3.63) is 78.1 Å². The number of aromatic amines is 1. The Bertz CT molecular complexity index is 1370. The number of aromatic nitrogens is 3. The summed E-state index contributed by atoms with van der Waals surface area (Å²) in [5.74, 6) is -0.173. The molecule has 0 unspecified atom stereocenters. The molecule has 3 heterocycles. The predicted octanol–water partition coefficient (Wildman–Crippen LogP) is 3.95. The second kappa shape index (κ2) is 7.36. The number of fused-ring (bicyclic) bond motifs is 2. The molecule has 0 spiro atoms. The van der Waals surface area contributed by atoms with E-state index in [0.29, 0.717) is 23.1 Å². The number of anilines is 1. The van der Waals surface area contributed by atoms with Crippen LogP contribution in [0.4, 0.5) is 5.95 Å². The molecule has 30 heavy (non-hydrogen) atoms. The van der Waals surface area contributed by atoms with Crippen LogP contribution in [0.3, 0.4) is 0 Å². The number of carbonyl (C=O) groups is 2. The lowest BCUT2D eigenvalue weighted by Crippen LogP contribution is -2.14. The summed E-state index contributed by atoms with van der Waals surface area (Å²) in [5.41, 5.74) is 2.74. The molecule has 5 rings (SSSR count). The molecule has 1 aliphatic rings. The van der Waals surface area contributed by atoms with Crippen LogP contribution in [0.1, 0.15) is 27.3 Å². The zero-order valence-electron chi connectivity index (χ0n) is 15.9. The van der Waals surface area contributed by atoms with Crippen LogP contribution in [-0.2, 0) is 0 Å². The van der Waals surface area contributed by atoms with Gasteiger partial charge in [-0.2, -0.15) is 0 Å². The van der Waals surface area contributed by atoms with E-state index in [1.165, 1.54) is 0 Å². The lowest BCUT2D eigenvalue weighted by Gasteiger charge is -2.03. The van der Waals surface area contributed by atoms with E-state index in [0.717, 1.165) is 16.5 Å². The fraction of sp³-hybridized carbons (Fsp3) is 0.0870. The van der Waals surface area contributed by atoms with Gasteiger partial charge in [0.1, 0.15) is 11.2 Å². The van der Waals surface area contributed by atoms with Crippen molar-refractivity contribution in [1.29, 1.82) is 0 Å². The van der Waals surface area contributed by atoms with Gasteiger partial charge in [0.2, 0.25) is 5.95 Å². The third kappa shape index (κ3) is 3.37. The fourth-order valence-corrected chi connectivity index (χ4v) is 3.48. The van der Waals surface area contributed by atoms with Gasteiger partial charge in [-0.15, -0.1) is 0 Å². The highest BCUT2D eigenvalue weighted by Crippen LogP contribution is 2.21. The van der Waals surface area contributed by atoms with Crippen LogP contribution >= 0.6 is 0 Å². The monoisotopic (exact) mass is 395 g/mol. The molecule has 1 aliphatic heterocycles. The Morgan fingerprint density at radius 1 is 1.07 bits per heavy atom. The van der Waals surface area contributed by atoms with Gasteiger partial charge < -0.3 is 4.98 Å². The summed E-state index contributed by atoms with van der Waals surface area (Å²) in [7, 11) is 0. The van der Waals surface area contributed by atoms with Gasteiger partial charge >= 0.3 is 0 Å². The second-order valence-corrected chi connectivity index (χ2v) is 6.99. The van der Waals surface area contributed by atoms with E-state index in [1.807, 2.05) is 42.5 Å². The van der Waals surface area contributed by atoms with Crippen molar-refractivity contribution in [3.8, 4) is 0 Å². The van der Waals surface area contributed by atoms with Crippen LogP contribution < -0.4 is 5.32 Å². The van der Waals surface area contributed by atoms with Crippen LogP contribution in [0.15, 0.2) is 71.9 Å². The molecule has 0 saturated heterocycles. The highest BCUT2D eigenvalue weighted by molar-refractivity contribution is 6.17. The van der Waals surface area contributed by atoms with Gasteiger partial charge in [-0.1, -0.05) is 36.4 Å². The van der Waals surface area contributed by atoms with Gasteiger partial charge in [-0.3, -0.25) is 24.9 Å². The van der Waals surface area contributed by atoms with Crippen molar-refractivity contribution in [2.24, 2.45) is 4.99 Å². The molecule has 0 saturated carbocycles. The van der Waals surface area contributed by atoms with E-state index >= 15 is 0 Å². The number of benzene rings is 2. The third-order valence-electron chi connectivity index (χ3n) is 4.96.